The Morgan fingerprint density at radius 2 is 1.65 bits per heavy atom. The molecule has 0 N–H and O–H groups in total. The zero-order valence-corrected chi connectivity index (χ0v) is 11.1. The number of nitrogens with zero attached hydrogens (tertiary/aromatic N) is 3. The molecule has 98 valence electrons. The van der Waals surface area contributed by atoms with Crippen LogP contribution in [-0.4, -0.2) is 13.4 Å². The molecular weight excluding hydrogens is 274 g/mol. The molecule has 1 heterocycles. The number of hydrogen-bond acceptors (Lipinski definition) is 5. The Hall–Kier alpha value is -2.70. The maximum Gasteiger partial charge on any atom is 0.201 e. The van der Waals surface area contributed by atoms with E-state index >= 15 is 0 Å². The SMILES string of the molecule is N#Cc1ccccc1CS(=O)(=O)c1ncccc1C#N. The largest absolute Gasteiger partial charge is 0.243 e. The molecule has 1 aromatic heterocycles. The van der Waals surface area contributed by atoms with Gasteiger partial charge in [0.05, 0.1) is 22.9 Å². The van der Waals surface area contributed by atoms with Gasteiger partial charge in [-0.25, -0.2) is 13.4 Å². The second kappa shape index (κ2) is 5.52. The highest BCUT2D eigenvalue weighted by Crippen LogP contribution is 2.19. The van der Waals surface area contributed by atoms with Crippen LogP contribution in [0.5, 0.6) is 0 Å². The molecule has 0 saturated heterocycles. The van der Waals surface area contributed by atoms with Crippen molar-refractivity contribution in [2.75, 3.05) is 0 Å². The molecule has 2 rings (SSSR count). The molecular formula is C14H9N3O2S. The minimum atomic E-state index is -3.77. The highest BCUT2D eigenvalue weighted by Gasteiger charge is 2.22. The van der Waals surface area contributed by atoms with Gasteiger partial charge in [0.2, 0.25) is 9.84 Å². The van der Waals surface area contributed by atoms with Crippen molar-refractivity contribution in [3.05, 3.63) is 59.3 Å². The predicted octanol–water partition coefficient (Wildman–Crippen LogP) is 1.80. The standard InChI is InChI=1S/C14H9N3O2S/c15-8-11-4-1-2-5-13(11)10-20(18,19)14-12(9-16)6-3-7-17-14/h1-7H,10H2. The zero-order valence-electron chi connectivity index (χ0n) is 10.3. The Morgan fingerprint density at radius 1 is 1.00 bits per heavy atom. The van der Waals surface area contributed by atoms with Crippen molar-refractivity contribution in [3.8, 4) is 12.1 Å². The summed E-state index contributed by atoms with van der Waals surface area (Å²) in [4.78, 5) is 3.78. The van der Waals surface area contributed by atoms with Gasteiger partial charge in [-0.05, 0) is 23.8 Å². The quantitative estimate of drug-likeness (QED) is 0.856. The summed E-state index contributed by atoms with van der Waals surface area (Å²) in [7, 11) is -3.77. The monoisotopic (exact) mass is 283 g/mol. The molecule has 0 aliphatic heterocycles. The van der Waals surface area contributed by atoms with Crippen molar-refractivity contribution in [3.63, 3.8) is 0 Å². The van der Waals surface area contributed by atoms with E-state index in [1.54, 1.807) is 24.3 Å². The molecule has 0 spiro atoms. The van der Waals surface area contributed by atoms with Crippen molar-refractivity contribution < 1.29 is 8.42 Å². The molecule has 0 unspecified atom stereocenters. The Bertz CT molecular complexity index is 830. The molecule has 5 nitrogen and oxygen atoms in total. The van der Waals surface area contributed by atoms with E-state index in [1.165, 1.54) is 18.3 Å². The van der Waals surface area contributed by atoms with Crippen LogP contribution in [0.25, 0.3) is 0 Å². The van der Waals surface area contributed by atoms with Gasteiger partial charge >= 0.3 is 0 Å². The third kappa shape index (κ3) is 2.66. The summed E-state index contributed by atoms with van der Waals surface area (Å²) in [6, 6.07) is 13.1. The van der Waals surface area contributed by atoms with Crippen LogP contribution in [-0.2, 0) is 15.6 Å². The first kappa shape index (κ1) is 13.7. The number of aromatic nitrogens is 1. The van der Waals surface area contributed by atoms with E-state index in [0.29, 0.717) is 11.1 Å². The van der Waals surface area contributed by atoms with Gasteiger partial charge in [0.1, 0.15) is 6.07 Å². The highest BCUT2D eigenvalue weighted by atomic mass is 32.2. The van der Waals surface area contributed by atoms with Crippen molar-refractivity contribution in [2.45, 2.75) is 10.8 Å². The number of nitriles is 2. The van der Waals surface area contributed by atoms with Crippen molar-refractivity contribution in [1.82, 2.24) is 4.98 Å². The summed E-state index contributed by atoms with van der Waals surface area (Å²) >= 11 is 0. The zero-order chi connectivity index (χ0) is 14.6. The van der Waals surface area contributed by atoms with Gasteiger partial charge < -0.3 is 0 Å². The van der Waals surface area contributed by atoms with Crippen molar-refractivity contribution in [2.24, 2.45) is 0 Å². The Morgan fingerprint density at radius 3 is 2.35 bits per heavy atom. The summed E-state index contributed by atoms with van der Waals surface area (Å²) in [5, 5.41) is 17.7. The van der Waals surface area contributed by atoms with Gasteiger partial charge in [0.15, 0.2) is 5.03 Å². The summed E-state index contributed by atoms with van der Waals surface area (Å²) in [5.41, 5.74) is 0.692. The average molecular weight is 283 g/mol. The van der Waals surface area contributed by atoms with E-state index in [4.69, 9.17) is 10.5 Å². The predicted molar refractivity (Wildman–Crippen MR) is 71.0 cm³/mol. The minimum absolute atomic E-state index is 0.00180. The number of hydrogen-bond donors (Lipinski definition) is 0. The fraction of sp³-hybridized carbons (Fsp3) is 0.0714. The van der Waals surface area contributed by atoms with Crippen molar-refractivity contribution in [1.29, 1.82) is 10.5 Å². The van der Waals surface area contributed by atoms with E-state index in [0.717, 1.165) is 0 Å². The third-order valence-electron chi connectivity index (χ3n) is 2.67. The average Bonchev–Trinajstić information content (AvgIpc) is 2.47. The van der Waals surface area contributed by atoms with Gasteiger partial charge in [0, 0.05) is 6.20 Å². The van der Waals surface area contributed by atoms with Crippen LogP contribution in [0.4, 0.5) is 0 Å². The van der Waals surface area contributed by atoms with Crippen LogP contribution in [0.2, 0.25) is 0 Å². The van der Waals surface area contributed by atoms with E-state index in [2.05, 4.69) is 4.98 Å². The lowest BCUT2D eigenvalue weighted by atomic mass is 10.1. The van der Waals surface area contributed by atoms with Gasteiger partial charge in [0.25, 0.3) is 0 Å². The van der Waals surface area contributed by atoms with Gasteiger partial charge in [-0.15, -0.1) is 0 Å². The first-order valence-electron chi connectivity index (χ1n) is 5.64. The van der Waals surface area contributed by atoms with E-state index < -0.39 is 9.84 Å². The lowest BCUT2D eigenvalue weighted by Gasteiger charge is -2.06. The maximum absolute atomic E-state index is 12.3. The molecule has 6 heteroatoms. The Kier molecular flexibility index (Phi) is 3.79. The van der Waals surface area contributed by atoms with Crippen LogP contribution in [0.1, 0.15) is 16.7 Å². The fourth-order valence-electron chi connectivity index (χ4n) is 1.75. The first-order chi connectivity index (χ1) is 9.58. The summed E-state index contributed by atoms with van der Waals surface area (Å²) in [5.74, 6) is -0.359. The normalized spacial score (nSPS) is 10.5. The summed E-state index contributed by atoms with van der Waals surface area (Å²) in [6.45, 7) is 0. The highest BCUT2D eigenvalue weighted by molar-refractivity contribution is 7.90. The fourth-order valence-corrected chi connectivity index (χ4v) is 3.22. The van der Waals surface area contributed by atoms with Crippen LogP contribution in [0.15, 0.2) is 47.6 Å². The van der Waals surface area contributed by atoms with Crippen molar-refractivity contribution >= 4 is 9.84 Å². The maximum atomic E-state index is 12.3. The number of rotatable bonds is 3. The second-order valence-corrected chi connectivity index (χ2v) is 5.90. The van der Waals surface area contributed by atoms with Crippen LogP contribution in [0.3, 0.4) is 0 Å². The lowest BCUT2D eigenvalue weighted by molar-refractivity contribution is 0.591. The molecule has 1 aromatic carbocycles. The number of sulfone groups is 1. The molecule has 0 radical (unpaired) electrons. The molecule has 0 saturated carbocycles. The molecule has 0 amide bonds. The van der Waals surface area contributed by atoms with Crippen LogP contribution < -0.4 is 0 Å². The molecule has 0 aliphatic rings. The van der Waals surface area contributed by atoms with Gasteiger partial charge in [-0.1, -0.05) is 18.2 Å². The van der Waals surface area contributed by atoms with E-state index in [-0.39, 0.29) is 16.3 Å². The molecule has 0 aliphatic carbocycles. The summed E-state index contributed by atoms with van der Waals surface area (Å²) in [6.07, 6.45) is 1.32. The Balaban J connectivity index is 2.48. The minimum Gasteiger partial charge on any atom is -0.243 e. The second-order valence-electron chi connectivity index (χ2n) is 4.00. The molecule has 2 aromatic rings. The van der Waals surface area contributed by atoms with E-state index in [1.807, 2.05) is 12.1 Å². The number of benzene rings is 1. The molecule has 0 bridgehead atoms. The number of pyridine rings is 1. The van der Waals surface area contributed by atoms with Crippen LogP contribution in [0, 0.1) is 22.7 Å². The van der Waals surface area contributed by atoms with Gasteiger partial charge in [-0.3, -0.25) is 0 Å². The third-order valence-corrected chi connectivity index (χ3v) is 4.28. The van der Waals surface area contributed by atoms with E-state index in [9.17, 15) is 8.42 Å². The van der Waals surface area contributed by atoms with Gasteiger partial charge in [-0.2, -0.15) is 10.5 Å². The first-order valence-corrected chi connectivity index (χ1v) is 7.29. The molecule has 20 heavy (non-hydrogen) atoms. The molecule has 0 fully saturated rings. The molecule has 0 atom stereocenters. The lowest BCUT2D eigenvalue weighted by Crippen LogP contribution is -2.10. The topological polar surface area (TPSA) is 94.6 Å². The smallest absolute Gasteiger partial charge is 0.201 e. The van der Waals surface area contributed by atoms with Crippen LogP contribution >= 0.6 is 0 Å². The Labute approximate surface area is 116 Å². The summed E-state index contributed by atoms with van der Waals surface area (Å²) < 4.78 is 24.7.